The predicted octanol–water partition coefficient (Wildman–Crippen LogP) is 0.856. The molecule has 0 saturated carbocycles. The average Bonchev–Trinajstić information content (AvgIpc) is 2.19. The van der Waals surface area contributed by atoms with Gasteiger partial charge < -0.3 is 10.6 Å². The molecule has 0 aromatic rings. The van der Waals surface area contributed by atoms with Crippen LogP contribution in [0.5, 0.6) is 0 Å². The number of rotatable bonds is 5. The van der Waals surface area contributed by atoms with Crippen molar-refractivity contribution >= 4 is 28.8 Å². The highest BCUT2D eigenvalue weighted by atomic mass is 127. The predicted molar refractivity (Wildman–Crippen MR) is 69.6 cm³/mol. The third kappa shape index (κ3) is 5.67. The Morgan fingerprint density at radius 2 is 2.13 bits per heavy atom. The fourth-order valence-corrected chi connectivity index (χ4v) is 2.47. The average molecular weight is 325 g/mol. The van der Waals surface area contributed by atoms with E-state index in [1.54, 1.807) is 0 Å². The highest BCUT2D eigenvalue weighted by Gasteiger charge is 2.18. The normalized spacial score (nSPS) is 19.7. The molecule has 1 amide bonds. The van der Waals surface area contributed by atoms with Crippen LogP contribution in [0, 0.1) is 5.92 Å². The van der Waals surface area contributed by atoms with Gasteiger partial charge in [0, 0.05) is 55.5 Å². The van der Waals surface area contributed by atoms with Crippen LogP contribution in [0.1, 0.15) is 19.3 Å². The van der Waals surface area contributed by atoms with Crippen LogP contribution in [0.4, 0.5) is 0 Å². The molecule has 1 aliphatic heterocycles. The fourth-order valence-electron chi connectivity index (χ4n) is 1.92. The number of carbonyl (C=O) groups excluding carboxylic acids is 1. The molecule has 0 radical (unpaired) electrons. The molecule has 0 atom stereocenters. The number of hydrogen-bond donors (Lipinski definition) is 1. The SMILES string of the molecule is CN(CCC(N)=O)CC1CCN(I)CC1. The fraction of sp³-hybridized carbons (Fsp3) is 0.900. The van der Waals surface area contributed by atoms with Gasteiger partial charge in [0.15, 0.2) is 0 Å². The van der Waals surface area contributed by atoms with E-state index in [2.05, 4.69) is 37.9 Å². The van der Waals surface area contributed by atoms with Crippen LogP contribution >= 0.6 is 22.9 Å². The highest BCUT2D eigenvalue weighted by Crippen LogP contribution is 2.20. The topological polar surface area (TPSA) is 49.6 Å². The van der Waals surface area contributed by atoms with Gasteiger partial charge in [-0.3, -0.25) is 4.79 Å². The lowest BCUT2D eigenvalue weighted by molar-refractivity contribution is -0.118. The molecule has 1 saturated heterocycles. The van der Waals surface area contributed by atoms with Crippen molar-refractivity contribution in [3.63, 3.8) is 0 Å². The van der Waals surface area contributed by atoms with E-state index in [1.807, 2.05) is 0 Å². The van der Waals surface area contributed by atoms with Crippen molar-refractivity contribution in [2.24, 2.45) is 11.7 Å². The van der Waals surface area contributed by atoms with Gasteiger partial charge in [-0.15, -0.1) is 0 Å². The molecule has 0 aromatic carbocycles. The van der Waals surface area contributed by atoms with E-state index in [4.69, 9.17) is 5.73 Å². The molecule has 4 nitrogen and oxygen atoms in total. The third-order valence-corrected chi connectivity index (χ3v) is 3.83. The van der Waals surface area contributed by atoms with Gasteiger partial charge in [-0.25, -0.2) is 3.11 Å². The molecule has 0 unspecified atom stereocenters. The zero-order valence-electron chi connectivity index (χ0n) is 9.29. The lowest BCUT2D eigenvalue weighted by atomic mass is 9.98. The number of amides is 1. The van der Waals surface area contributed by atoms with E-state index in [0.717, 1.165) is 19.0 Å². The van der Waals surface area contributed by atoms with E-state index in [0.29, 0.717) is 6.42 Å². The monoisotopic (exact) mass is 325 g/mol. The van der Waals surface area contributed by atoms with Crippen molar-refractivity contribution in [1.29, 1.82) is 0 Å². The second-order valence-corrected chi connectivity index (χ2v) is 5.70. The quantitative estimate of drug-likeness (QED) is 0.602. The molecule has 88 valence electrons. The van der Waals surface area contributed by atoms with Crippen LogP contribution in [0.3, 0.4) is 0 Å². The maximum Gasteiger partial charge on any atom is 0.218 e. The Morgan fingerprint density at radius 1 is 1.53 bits per heavy atom. The van der Waals surface area contributed by atoms with E-state index < -0.39 is 0 Å². The van der Waals surface area contributed by atoms with Gasteiger partial charge in [0.25, 0.3) is 0 Å². The van der Waals surface area contributed by atoms with Crippen molar-refractivity contribution < 1.29 is 4.79 Å². The second kappa shape index (κ2) is 6.65. The van der Waals surface area contributed by atoms with Gasteiger partial charge in [0.1, 0.15) is 0 Å². The number of primary amides is 1. The first kappa shape index (κ1) is 13.2. The number of carbonyl (C=O) groups is 1. The largest absolute Gasteiger partial charge is 0.370 e. The minimum absolute atomic E-state index is 0.205. The van der Waals surface area contributed by atoms with Crippen LogP contribution in [-0.4, -0.2) is 47.1 Å². The third-order valence-electron chi connectivity index (χ3n) is 2.87. The molecular formula is C10H20IN3O. The van der Waals surface area contributed by atoms with Crippen molar-refractivity contribution in [1.82, 2.24) is 8.01 Å². The number of halogens is 1. The molecule has 0 aliphatic carbocycles. The summed E-state index contributed by atoms with van der Waals surface area (Å²) in [7, 11) is 2.07. The Labute approximate surface area is 106 Å². The summed E-state index contributed by atoms with van der Waals surface area (Å²) in [6, 6.07) is 0. The first-order valence-electron chi connectivity index (χ1n) is 5.45. The van der Waals surface area contributed by atoms with Crippen molar-refractivity contribution in [3.8, 4) is 0 Å². The Hall–Kier alpha value is 0.120. The van der Waals surface area contributed by atoms with E-state index in [1.165, 1.54) is 25.9 Å². The maximum atomic E-state index is 10.6. The standard InChI is InChI=1S/C10H20IN3O/c1-13(5-4-10(12)15)8-9-2-6-14(11)7-3-9/h9H,2-8H2,1H3,(H2,12,15). The smallest absolute Gasteiger partial charge is 0.218 e. The van der Waals surface area contributed by atoms with Gasteiger partial charge in [0.2, 0.25) is 5.91 Å². The minimum Gasteiger partial charge on any atom is -0.370 e. The number of hydrogen-bond acceptors (Lipinski definition) is 3. The molecule has 1 rings (SSSR count). The molecule has 0 spiro atoms. The summed E-state index contributed by atoms with van der Waals surface area (Å²) >= 11 is 2.38. The summed E-state index contributed by atoms with van der Waals surface area (Å²) in [6.07, 6.45) is 3.01. The van der Waals surface area contributed by atoms with E-state index in [-0.39, 0.29) is 5.91 Å². The van der Waals surface area contributed by atoms with Crippen LogP contribution in [0.25, 0.3) is 0 Å². The Morgan fingerprint density at radius 3 is 2.67 bits per heavy atom. The summed E-state index contributed by atoms with van der Waals surface area (Å²) in [6.45, 7) is 4.27. The molecule has 0 bridgehead atoms. The van der Waals surface area contributed by atoms with Gasteiger partial charge in [-0.05, 0) is 25.8 Å². The maximum absolute atomic E-state index is 10.6. The van der Waals surface area contributed by atoms with Crippen LogP contribution < -0.4 is 5.73 Å². The molecule has 1 aliphatic rings. The van der Waals surface area contributed by atoms with E-state index >= 15 is 0 Å². The second-order valence-electron chi connectivity index (χ2n) is 4.33. The molecule has 15 heavy (non-hydrogen) atoms. The first-order valence-corrected chi connectivity index (χ1v) is 6.42. The Bertz CT molecular complexity index is 205. The Kier molecular flexibility index (Phi) is 5.84. The van der Waals surface area contributed by atoms with Crippen molar-refractivity contribution in [2.45, 2.75) is 19.3 Å². The molecule has 1 heterocycles. The molecule has 1 fully saturated rings. The van der Waals surface area contributed by atoms with Crippen molar-refractivity contribution in [2.75, 3.05) is 33.2 Å². The lowest BCUT2D eigenvalue weighted by Crippen LogP contribution is -2.34. The van der Waals surface area contributed by atoms with Gasteiger partial charge >= 0.3 is 0 Å². The Balaban J connectivity index is 2.14. The van der Waals surface area contributed by atoms with Crippen LogP contribution in [-0.2, 0) is 4.79 Å². The van der Waals surface area contributed by atoms with Crippen LogP contribution in [0.2, 0.25) is 0 Å². The van der Waals surface area contributed by atoms with Crippen molar-refractivity contribution in [3.05, 3.63) is 0 Å². The highest BCUT2D eigenvalue weighted by molar-refractivity contribution is 14.1. The summed E-state index contributed by atoms with van der Waals surface area (Å²) in [5, 5.41) is 0. The number of nitrogens with two attached hydrogens (primary N) is 1. The zero-order valence-corrected chi connectivity index (χ0v) is 11.4. The summed E-state index contributed by atoms with van der Waals surface area (Å²) in [5.41, 5.74) is 5.12. The molecule has 0 aromatic heterocycles. The van der Waals surface area contributed by atoms with Gasteiger partial charge in [0.05, 0.1) is 0 Å². The molecule has 5 heteroatoms. The summed E-state index contributed by atoms with van der Waals surface area (Å²) < 4.78 is 2.34. The zero-order chi connectivity index (χ0) is 11.3. The minimum atomic E-state index is -0.205. The molecular weight excluding hydrogens is 305 g/mol. The van der Waals surface area contributed by atoms with E-state index in [9.17, 15) is 4.79 Å². The first-order chi connectivity index (χ1) is 7.08. The summed E-state index contributed by atoms with van der Waals surface area (Å²) in [4.78, 5) is 12.8. The number of piperidine rings is 1. The van der Waals surface area contributed by atoms with Gasteiger partial charge in [-0.1, -0.05) is 0 Å². The van der Waals surface area contributed by atoms with Crippen LogP contribution in [0.15, 0.2) is 0 Å². The number of nitrogens with zero attached hydrogens (tertiary/aromatic N) is 2. The lowest BCUT2D eigenvalue weighted by Gasteiger charge is -2.30. The van der Waals surface area contributed by atoms with Gasteiger partial charge in [-0.2, -0.15) is 0 Å². The summed E-state index contributed by atoms with van der Waals surface area (Å²) in [5.74, 6) is 0.581. The molecule has 2 N–H and O–H groups in total.